The highest BCUT2D eigenvalue weighted by Crippen LogP contribution is 2.35. The van der Waals surface area contributed by atoms with E-state index in [-0.39, 0.29) is 11.3 Å². The Morgan fingerprint density at radius 2 is 1.55 bits per heavy atom. The third kappa shape index (κ3) is 2.72. The number of halogens is 5. The molecule has 1 nitrogen and oxygen atoms in total. The van der Waals surface area contributed by atoms with Crippen LogP contribution >= 0.6 is 11.6 Å². The topological polar surface area (TPSA) is 9.23 Å². The Hall–Kier alpha value is -1.75. The average Bonchev–Trinajstić information content (AvgIpc) is 2.37. The van der Waals surface area contributed by atoms with Gasteiger partial charge in [-0.15, -0.1) is 11.6 Å². The molecule has 0 aliphatic heterocycles. The predicted octanol–water partition coefficient (Wildman–Crippen LogP) is 4.58. The SMILES string of the molecule is COc1cc(C(Cl)c2c(F)cc(F)cc2F)ccc1F. The molecule has 0 heterocycles. The minimum atomic E-state index is -1.23. The standard InChI is InChI=1S/C14H9ClF4O/c1-20-12-4-7(2-3-9(12)17)14(15)13-10(18)5-8(16)6-11(13)19/h2-6,14H,1H3. The number of alkyl halides is 1. The molecule has 0 spiro atoms. The van der Waals surface area contributed by atoms with Crippen LogP contribution in [0.25, 0.3) is 0 Å². The van der Waals surface area contributed by atoms with Crippen LogP contribution in [-0.4, -0.2) is 7.11 Å². The molecular weight excluding hydrogens is 296 g/mol. The van der Waals surface area contributed by atoms with Crippen molar-refractivity contribution in [3.8, 4) is 5.75 Å². The van der Waals surface area contributed by atoms with Gasteiger partial charge in [0.1, 0.15) is 17.5 Å². The molecule has 20 heavy (non-hydrogen) atoms. The summed E-state index contributed by atoms with van der Waals surface area (Å²) in [5, 5.41) is -1.23. The second-order valence-electron chi connectivity index (χ2n) is 4.04. The van der Waals surface area contributed by atoms with Crippen molar-refractivity contribution in [1.29, 1.82) is 0 Å². The van der Waals surface area contributed by atoms with Gasteiger partial charge in [0.05, 0.1) is 12.5 Å². The first kappa shape index (κ1) is 14.7. The Morgan fingerprint density at radius 3 is 2.10 bits per heavy atom. The van der Waals surface area contributed by atoms with Gasteiger partial charge in [-0.3, -0.25) is 0 Å². The average molecular weight is 305 g/mol. The molecule has 6 heteroatoms. The maximum Gasteiger partial charge on any atom is 0.165 e. The fourth-order valence-electron chi connectivity index (χ4n) is 1.80. The number of ether oxygens (including phenoxy) is 1. The van der Waals surface area contributed by atoms with Gasteiger partial charge in [-0.25, -0.2) is 17.6 Å². The molecule has 2 aromatic rings. The first-order chi connectivity index (χ1) is 9.43. The van der Waals surface area contributed by atoms with Gasteiger partial charge in [0.25, 0.3) is 0 Å². The van der Waals surface area contributed by atoms with E-state index in [1.165, 1.54) is 19.2 Å². The van der Waals surface area contributed by atoms with Crippen molar-refractivity contribution in [1.82, 2.24) is 0 Å². The summed E-state index contributed by atoms with van der Waals surface area (Å²) in [5.41, 5.74) is -0.268. The van der Waals surface area contributed by atoms with Crippen molar-refractivity contribution in [2.45, 2.75) is 5.38 Å². The van der Waals surface area contributed by atoms with Gasteiger partial charge in [0.2, 0.25) is 0 Å². The normalized spacial score (nSPS) is 12.3. The molecule has 2 rings (SSSR count). The van der Waals surface area contributed by atoms with E-state index >= 15 is 0 Å². The Labute approximate surface area is 117 Å². The number of rotatable bonds is 3. The van der Waals surface area contributed by atoms with E-state index in [0.717, 1.165) is 6.07 Å². The summed E-state index contributed by atoms with van der Waals surface area (Å²) in [5.74, 6) is -3.97. The van der Waals surface area contributed by atoms with Crippen LogP contribution in [0.15, 0.2) is 30.3 Å². The largest absolute Gasteiger partial charge is 0.494 e. The second kappa shape index (κ2) is 5.71. The Kier molecular flexibility index (Phi) is 4.18. The highest BCUT2D eigenvalue weighted by Gasteiger charge is 2.22. The van der Waals surface area contributed by atoms with E-state index in [4.69, 9.17) is 16.3 Å². The molecule has 0 aliphatic carbocycles. The number of benzene rings is 2. The summed E-state index contributed by atoms with van der Waals surface area (Å²) < 4.78 is 58.2. The smallest absolute Gasteiger partial charge is 0.165 e. The van der Waals surface area contributed by atoms with Gasteiger partial charge in [-0.2, -0.15) is 0 Å². The lowest BCUT2D eigenvalue weighted by molar-refractivity contribution is 0.386. The molecule has 1 atom stereocenters. The Bertz CT molecular complexity index is 622. The van der Waals surface area contributed by atoms with Crippen molar-refractivity contribution in [3.63, 3.8) is 0 Å². The van der Waals surface area contributed by atoms with Crippen molar-refractivity contribution in [2.75, 3.05) is 7.11 Å². The number of methoxy groups -OCH3 is 1. The Balaban J connectivity index is 2.49. The van der Waals surface area contributed by atoms with Crippen LogP contribution in [-0.2, 0) is 0 Å². The van der Waals surface area contributed by atoms with Crippen LogP contribution in [0.2, 0.25) is 0 Å². The van der Waals surface area contributed by atoms with Crippen molar-refractivity contribution in [2.24, 2.45) is 0 Å². The third-order valence-corrected chi connectivity index (χ3v) is 3.24. The highest BCUT2D eigenvalue weighted by molar-refractivity contribution is 6.22. The van der Waals surface area contributed by atoms with Crippen LogP contribution in [0.4, 0.5) is 17.6 Å². The van der Waals surface area contributed by atoms with Crippen LogP contribution < -0.4 is 4.74 Å². The molecule has 2 aromatic carbocycles. The monoisotopic (exact) mass is 304 g/mol. The van der Waals surface area contributed by atoms with Crippen molar-refractivity contribution >= 4 is 11.6 Å². The van der Waals surface area contributed by atoms with Gasteiger partial charge >= 0.3 is 0 Å². The third-order valence-electron chi connectivity index (χ3n) is 2.77. The van der Waals surface area contributed by atoms with Crippen molar-refractivity contribution in [3.05, 3.63) is 64.7 Å². The Morgan fingerprint density at radius 1 is 0.950 bits per heavy atom. The fraction of sp³-hybridized carbons (Fsp3) is 0.143. The molecule has 0 bridgehead atoms. The first-order valence-electron chi connectivity index (χ1n) is 5.56. The van der Waals surface area contributed by atoms with Gasteiger partial charge in [0, 0.05) is 17.7 Å². The van der Waals surface area contributed by atoms with E-state index in [9.17, 15) is 17.6 Å². The quantitative estimate of drug-likeness (QED) is 0.596. The van der Waals surface area contributed by atoms with E-state index in [1.54, 1.807) is 0 Å². The molecular formula is C14H9ClF4O. The molecule has 0 saturated carbocycles. The minimum Gasteiger partial charge on any atom is -0.494 e. The van der Waals surface area contributed by atoms with Crippen LogP contribution in [0.3, 0.4) is 0 Å². The molecule has 0 radical (unpaired) electrons. The van der Waals surface area contributed by atoms with Crippen LogP contribution in [0.5, 0.6) is 5.75 Å². The molecule has 0 N–H and O–H groups in total. The molecule has 106 valence electrons. The molecule has 0 saturated heterocycles. The summed E-state index contributed by atoms with van der Waals surface area (Å²) in [6.07, 6.45) is 0. The molecule has 0 fully saturated rings. The maximum absolute atomic E-state index is 13.6. The predicted molar refractivity (Wildman–Crippen MR) is 67.0 cm³/mol. The second-order valence-corrected chi connectivity index (χ2v) is 4.48. The van der Waals surface area contributed by atoms with E-state index in [0.29, 0.717) is 12.1 Å². The summed E-state index contributed by atoms with van der Waals surface area (Å²) in [4.78, 5) is 0. The van der Waals surface area contributed by atoms with E-state index in [1.807, 2.05) is 0 Å². The van der Waals surface area contributed by atoms with Gasteiger partial charge < -0.3 is 4.74 Å². The van der Waals surface area contributed by atoms with Crippen LogP contribution in [0.1, 0.15) is 16.5 Å². The van der Waals surface area contributed by atoms with Gasteiger partial charge in [0.15, 0.2) is 11.6 Å². The van der Waals surface area contributed by atoms with Crippen molar-refractivity contribution < 1.29 is 22.3 Å². The highest BCUT2D eigenvalue weighted by atomic mass is 35.5. The van der Waals surface area contributed by atoms with Gasteiger partial charge in [-0.1, -0.05) is 6.07 Å². The lowest BCUT2D eigenvalue weighted by Gasteiger charge is -2.14. The fourth-order valence-corrected chi connectivity index (χ4v) is 2.14. The summed E-state index contributed by atoms with van der Waals surface area (Å²) in [6, 6.07) is 4.65. The summed E-state index contributed by atoms with van der Waals surface area (Å²) >= 11 is 6.00. The maximum atomic E-state index is 13.6. The molecule has 0 aromatic heterocycles. The first-order valence-corrected chi connectivity index (χ1v) is 5.99. The lowest BCUT2D eigenvalue weighted by Crippen LogP contribution is -2.03. The lowest BCUT2D eigenvalue weighted by atomic mass is 10.0. The van der Waals surface area contributed by atoms with E-state index < -0.39 is 34.2 Å². The van der Waals surface area contributed by atoms with Crippen LogP contribution in [0, 0.1) is 23.3 Å². The number of hydrogen-bond donors (Lipinski definition) is 0. The molecule has 1 unspecified atom stereocenters. The summed E-state index contributed by atoms with van der Waals surface area (Å²) in [7, 11) is 1.25. The zero-order chi connectivity index (χ0) is 14.9. The molecule has 0 aliphatic rings. The zero-order valence-electron chi connectivity index (χ0n) is 10.3. The van der Waals surface area contributed by atoms with E-state index in [2.05, 4.69) is 0 Å². The molecule has 0 amide bonds. The minimum absolute atomic E-state index is 0.101. The summed E-state index contributed by atoms with van der Waals surface area (Å²) in [6.45, 7) is 0. The van der Waals surface area contributed by atoms with Gasteiger partial charge in [-0.05, 0) is 17.7 Å². The zero-order valence-corrected chi connectivity index (χ0v) is 11.0. The number of hydrogen-bond acceptors (Lipinski definition) is 1.